The van der Waals surface area contributed by atoms with Gasteiger partial charge >= 0.3 is 0 Å². The van der Waals surface area contributed by atoms with Crippen molar-refractivity contribution in [3.8, 4) is 0 Å². The molecule has 80 valence electrons. The fourth-order valence-corrected chi connectivity index (χ4v) is 1.84. The van der Waals surface area contributed by atoms with E-state index >= 15 is 0 Å². The average molecular weight is 207 g/mol. The minimum atomic E-state index is -0.262. The van der Waals surface area contributed by atoms with Gasteiger partial charge in [-0.15, -0.1) is 0 Å². The lowest BCUT2D eigenvalue weighted by Gasteiger charge is -1.97. The monoisotopic (exact) mass is 207 g/mol. The Hall–Kier alpha value is -1.35. The van der Waals surface area contributed by atoms with Crippen LogP contribution in [0.2, 0.25) is 0 Å². The molecule has 1 heterocycles. The number of benzene rings is 1. The molecular weight excluding hydrogens is 193 g/mol. The van der Waals surface area contributed by atoms with Gasteiger partial charge in [0.15, 0.2) is 0 Å². The Kier molecular flexibility index (Phi) is 2.73. The Morgan fingerprint density at radius 2 is 2.20 bits per heavy atom. The zero-order valence-corrected chi connectivity index (χ0v) is 8.72. The van der Waals surface area contributed by atoms with Crippen molar-refractivity contribution in [3.63, 3.8) is 0 Å². The molecule has 0 aliphatic heterocycles. The number of nitrogens with two attached hydrogens (primary N) is 1. The molecule has 0 fully saturated rings. The molecule has 2 nitrogen and oxygen atoms in total. The minimum Gasteiger partial charge on any atom is -0.461 e. The first-order chi connectivity index (χ1) is 7.22. The summed E-state index contributed by atoms with van der Waals surface area (Å²) in [4.78, 5) is 0. The molecule has 2 rings (SSSR count). The molecule has 0 aliphatic rings. The number of hydrogen-bond donors (Lipinski definition) is 1. The maximum atomic E-state index is 12.9. The molecule has 3 heteroatoms. The van der Waals surface area contributed by atoms with Crippen LogP contribution in [0, 0.1) is 12.7 Å². The highest BCUT2D eigenvalue weighted by atomic mass is 19.1. The van der Waals surface area contributed by atoms with E-state index in [1.165, 1.54) is 12.1 Å². The molecule has 2 N–H and O–H groups in total. The summed E-state index contributed by atoms with van der Waals surface area (Å²) in [6.07, 6.45) is 1.81. The van der Waals surface area contributed by atoms with Crippen molar-refractivity contribution in [3.05, 3.63) is 35.3 Å². The number of rotatable bonds is 3. The van der Waals surface area contributed by atoms with E-state index in [0.717, 1.165) is 29.6 Å². The lowest BCUT2D eigenvalue weighted by Crippen LogP contribution is -2.00. The van der Waals surface area contributed by atoms with Gasteiger partial charge in [-0.25, -0.2) is 4.39 Å². The van der Waals surface area contributed by atoms with Crippen LogP contribution in [-0.2, 0) is 6.42 Å². The molecular formula is C12H14FNO. The third-order valence-corrected chi connectivity index (χ3v) is 2.59. The zero-order chi connectivity index (χ0) is 10.8. The summed E-state index contributed by atoms with van der Waals surface area (Å²) >= 11 is 0. The number of furan rings is 1. The normalized spacial score (nSPS) is 11.1. The maximum absolute atomic E-state index is 12.9. The van der Waals surface area contributed by atoms with Crippen LogP contribution in [0.1, 0.15) is 17.7 Å². The predicted molar refractivity (Wildman–Crippen MR) is 58.3 cm³/mol. The van der Waals surface area contributed by atoms with Crippen LogP contribution in [0.5, 0.6) is 0 Å². The van der Waals surface area contributed by atoms with Crippen LogP contribution in [0.3, 0.4) is 0 Å². The number of hydrogen-bond acceptors (Lipinski definition) is 2. The molecule has 15 heavy (non-hydrogen) atoms. The van der Waals surface area contributed by atoms with E-state index in [4.69, 9.17) is 10.2 Å². The van der Waals surface area contributed by atoms with Crippen molar-refractivity contribution < 1.29 is 8.81 Å². The summed E-state index contributed by atoms with van der Waals surface area (Å²) in [5.41, 5.74) is 7.25. The molecule has 0 radical (unpaired) electrons. The van der Waals surface area contributed by atoms with Crippen LogP contribution in [0.4, 0.5) is 4.39 Å². The first kappa shape index (κ1) is 10.2. The Bertz CT molecular complexity index is 476. The topological polar surface area (TPSA) is 39.2 Å². The van der Waals surface area contributed by atoms with Gasteiger partial charge in [0, 0.05) is 17.0 Å². The van der Waals surface area contributed by atoms with E-state index in [2.05, 4.69) is 0 Å². The maximum Gasteiger partial charge on any atom is 0.137 e. The second-order valence-corrected chi connectivity index (χ2v) is 3.67. The van der Waals surface area contributed by atoms with Crippen molar-refractivity contribution >= 4 is 11.0 Å². The van der Waals surface area contributed by atoms with E-state index in [-0.39, 0.29) is 5.82 Å². The third kappa shape index (κ3) is 1.88. The Labute approximate surface area is 87.9 Å². The van der Waals surface area contributed by atoms with Crippen molar-refractivity contribution in [2.45, 2.75) is 19.8 Å². The first-order valence-corrected chi connectivity index (χ1v) is 5.10. The van der Waals surface area contributed by atoms with Crippen molar-refractivity contribution in [1.29, 1.82) is 0 Å². The Balaban J connectivity index is 2.48. The largest absolute Gasteiger partial charge is 0.461 e. The third-order valence-electron chi connectivity index (χ3n) is 2.59. The van der Waals surface area contributed by atoms with E-state index in [9.17, 15) is 4.39 Å². The molecule has 0 saturated carbocycles. The Morgan fingerprint density at radius 3 is 2.93 bits per heavy atom. The first-order valence-electron chi connectivity index (χ1n) is 5.10. The second kappa shape index (κ2) is 4.03. The van der Waals surface area contributed by atoms with Gasteiger partial charge in [-0.3, -0.25) is 0 Å². The van der Waals surface area contributed by atoms with E-state index < -0.39 is 0 Å². The lowest BCUT2D eigenvalue weighted by molar-refractivity contribution is 0.564. The van der Waals surface area contributed by atoms with Gasteiger partial charge in [-0.2, -0.15) is 0 Å². The molecule has 1 aromatic carbocycles. The number of fused-ring (bicyclic) bond motifs is 1. The minimum absolute atomic E-state index is 0.262. The summed E-state index contributed by atoms with van der Waals surface area (Å²) in [5, 5.41) is 1.00. The molecule has 0 amide bonds. The highest BCUT2D eigenvalue weighted by molar-refractivity contribution is 5.82. The second-order valence-electron chi connectivity index (χ2n) is 3.67. The van der Waals surface area contributed by atoms with E-state index in [1.807, 2.05) is 6.92 Å². The SMILES string of the molecule is Cc1oc2cc(F)ccc2c1CCCN. The van der Waals surface area contributed by atoms with Gasteiger partial charge in [0.05, 0.1) is 0 Å². The van der Waals surface area contributed by atoms with Gasteiger partial charge in [0.25, 0.3) is 0 Å². The van der Waals surface area contributed by atoms with Gasteiger partial charge in [-0.05, 0) is 38.4 Å². The highest BCUT2D eigenvalue weighted by Crippen LogP contribution is 2.26. The molecule has 0 aliphatic carbocycles. The van der Waals surface area contributed by atoms with Gasteiger partial charge in [0.2, 0.25) is 0 Å². The van der Waals surface area contributed by atoms with Gasteiger partial charge < -0.3 is 10.2 Å². The highest BCUT2D eigenvalue weighted by Gasteiger charge is 2.10. The molecule has 0 bridgehead atoms. The summed E-state index contributed by atoms with van der Waals surface area (Å²) in [7, 11) is 0. The average Bonchev–Trinajstić information content (AvgIpc) is 2.50. The molecule has 0 unspecified atom stereocenters. The quantitative estimate of drug-likeness (QED) is 0.840. The van der Waals surface area contributed by atoms with Crippen LogP contribution in [0.15, 0.2) is 22.6 Å². The summed E-state index contributed by atoms with van der Waals surface area (Å²) in [6.45, 7) is 2.57. The van der Waals surface area contributed by atoms with Crippen LogP contribution in [-0.4, -0.2) is 6.54 Å². The van der Waals surface area contributed by atoms with E-state index in [0.29, 0.717) is 12.1 Å². The van der Waals surface area contributed by atoms with Crippen LogP contribution in [0.25, 0.3) is 11.0 Å². The summed E-state index contributed by atoms with van der Waals surface area (Å²) in [5.74, 6) is 0.602. The molecule has 0 spiro atoms. The fourth-order valence-electron chi connectivity index (χ4n) is 1.84. The van der Waals surface area contributed by atoms with Crippen molar-refractivity contribution in [2.24, 2.45) is 5.73 Å². The van der Waals surface area contributed by atoms with Gasteiger partial charge in [-0.1, -0.05) is 0 Å². The smallest absolute Gasteiger partial charge is 0.137 e. The molecule has 2 aromatic rings. The number of halogens is 1. The van der Waals surface area contributed by atoms with E-state index in [1.54, 1.807) is 6.07 Å². The Morgan fingerprint density at radius 1 is 1.40 bits per heavy atom. The lowest BCUT2D eigenvalue weighted by atomic mass is 10.1. The standard InChI is InChI=1S/C12H14FNO/c1-8-10(3-2-6-14)11-5-4-9(13)7-12(11)15-8/h4-5,7H,2-3,6,14H2,1H3. The molecule has 1 aromatic heterocycles. The molecule has 0 atom stereocenters. The fraction of sp³-hybridized carbons (Fsp3) is 0.333. The van der Waals surface area contributed by atoms with Gasteiger partial charge in [0.1, 0.15) is 17.2 Å². The van der Waals surface area contributed by atoms with Crippen LogP contribution >= 0.6 is 0 Å². The molecule has 0 saturated heterocycles. The van der Waals surface area contributed by atoms with Crippen molar-refractivity contribution in [2.75, 3.05) is 6.54 Å². The van der Waals surface area contributed by atoms with Crippen LogP contribution < -0.4 is 5.73 Å². The van der Waals surface area contributed by atoms with Crippen molar-refractivity contribution in [1.82, 2.24) is 0 Å². The predicted octanol–water partition coefficient (Wildman–Crippen LogP) is 2.77. The summed E-state index contributed by atoms with van der Waals surface area (Å²) in [6, 6.07) is 4.66. The number of aryl methyl sites for hydroxylation is 2. The summed E-state index contributed by atoms with van der Waals surface area (Å²) < 4.78 is 18.4. The zero-order valence-electron chi connectivity index (χ0n) is 8.72.